The van der Waals surface area contributed by atoms with Crippen LogP contribution >= 0.6 is 0 Å². The number of carbonyl (C=O) groups excluding carboxylic acids is 1. The number of rotatable bonds is 3. The number of pyridine rings is 1. The Morgan fingerprint density at radius 2 is 2.29 bits per heavy atom. The lowest BCUT2D eigenvalue weighted by atomic mass is 10.3. The quantitative estimate of drug-likeness (QED) is 0.755. The Labute approximate surface area is 99.1 Å². The third-order valence-electron chi connectivity index (χ3n) is 2.18. The third kappa shape index (κ3) is 2.33. The van der Waals surface area contributed by atoms with Gasteiger partial charge in [-0.1, -0.05) is 6.07 Å². The molecule has 0 aliphatic heterocycles. The number of hydrogen-bond donors (Lipinski definition) is 0. The Bertz CT molecular complexity index is 520. The summed E-state index contributed by atoms with van der Waals surface area (Å²) in [6.07, 6.45) is 1.65. The fourth-order valence-electron chi connectivity index (χ4n) is 1.50. The molecule has 0 atom stereocenters. The van der Waals surface area contributed by atoms with E-state index in [0.717, 1.165) is 5.69 Å². The van der Waals surface area contributed by atoms with Crippen molar-refractivity contribution in [1.29, 1.82) is 0 Å². The van der Waals surface area contributed by atoms with E-state index in [1.54, 1.807) is 25.3 Å². The highest BCUT2D eigenvalue weighted by Crippen LogP contribution is 2.11. The molecule has 88 valence electrons. The Kier molecular flexibility index (Phi) is 3.18. The van der Waals surface area contributed by atoms with Crippen LogP contribution in [0.5, 0.6) is 0 Å². The minimum Gasteiger partial charge on any atom is -0.461 e. The van der Waals surface area contributed by atoms with Crippen LogP contribution < -0.4 is 0 Å². The molecule has 0 aliphatic rings. The zero-order chi connectivity index (χ0) is 12.3. The molecular weight excluding hydrogens is 218 g/mol. The van der Waals surface area contributed by atoms with Gasteiger partial charge in [0.05, 0.1) is 12.3 Å². The van der Waals surface area contributed by atoms with E-state index in [4.69, 9.17) is 4.74 Å². The summed E-state index contributed by atoms with van der Waals surface area (Å²) < 4.78 is 6.47. The van der Waals surface area contributed by atoms with E-state index >= 15 is 0 Å². The summed E-state index contributed by atoms with van der Waals surface area (Å²) in [6, 6.07) is 7.13. The van der Waals surface area contributed by atoms with Crippen LogP contribution in [-0.4, -0.2) is 27.3 Å². The van der Waals surface area contributed by atoms with Crippen molar-refractivity contribution >= 4 is 5.97 Å². The average Bonchev–Trinajstić information content (AvgIpc) is 2.73. The lowest BCUT2D eigenvalue weighted by Gasteiger charge is -2.05. The first-order valence-electron chi connectivity index (χ1n) is 5.37. The maximum absolute atomic E-state index is 11.7. The predicted octanol–water partition coefficient (Wildman–Crippen LogP) is 1.75. The Hall–Kier alpha value is -2.17. The van der Waals surface area contributed by atoms with Crippen LogP contribution in [0.1, 0.15) is 23.1 Å². The zero-order valence-electron chi connectivity index (χ0n) is 9.75. The van der Waals surface area contributed by atoms with Crippen LogP contribution in [0.15, 0.2) is 30.5 Å². The standard InChI is InChI=1S/C12H13N3O2/c1-3-17-12(16)10-8-9(2)14-15(10)11-6-4-5-7-13-11/h4-8H,3H2,1-2H3. The van der Waals surface area contributed by atoms with Gasteiger partial charge in [-0.2, -0.15) is 5.10 Å². The van der Waals surface area contributed by atoms with Gasteiger partial charge in [-0.25, -0.2) is 14.5 Å². The molecule has 0 saturated heterocycles. The van der Waals surface area contributed by atoms with E-state index in [2.05, 4.69) is 10.1 Å². The molecule has 0 aliphatic carbocycles. The van der Waals surface area contributed by atoms with Crippen LogP contribution in [-0.2, 0) is 4.74 Å². The van der Waals surface area contributed by atoms with Crippen LogP contribution in [0.3, 0.4) is 0 Å². The average molecular weight is 231 g/mol. The molecule has 2 heterocycles. The molecule has 0 N–H and O–H groups in total. The number of esters is 1. The molecule has 5 nitrogen and oxygen atoms in total. The largest absolute Gasteiger partial charge is 0.461 e. The zero-order valence-corrected chi connectivity index (χ0v) is 9.75. The summed E-state index contributed by atoms with van der Waals surface area (Å²) in [7, 11) is 0. The van der Waals surface area contributed by atoms with E-state index in [9.17, 15) is 4.79 Å². The van der Waals surface area contributed by atoms with Gasteiger partial charge in [-0.05, 0) is 32.0 Å². The van der Waals surface area contributed by atoms with Gasteiger partial charge < -0.3 is 4.74 Å². The maximum Gasteiger partial charge on any atom is 0.357 e. The van der Waals surface area contributed by atoms with Gasteiger partial charge in [0.15, 0.2) is 11.5 Å². The van der Waals surface area contributed by atoms with Gasteiger partial charge in [-0.3, -0.25) is 0 Å². The summed E-state index contributed by atoms with van der Waals surface area (Å²) in [5.41, 5.74) is 1.14. The highest BCUT2D eigenvalue weighted by molar-refractivity contribution is 5.88. The van der Waals surface area contributed by atoms with Gasteiger partial charge >= 0.3 is 5.97 Å². The van der Waals surface area contributed by atoms with Gasteiger partial charge in [0.25, 0.3) is 0 Å². The van der Waals surface area contributed by atoms with Gasteiger partial charge in [-0.15, -0.1) is 0 Å². The number of nitrogens with zero attached hydrogens (tertiary/aromatic N) is 3. The molecule has 2 aromatic heterocycles. The van der Waals surface area contributed by atoms with E-state index in [1.165, 1.54) is 4.68 Å². The molecule has 0 bridgehead atoms. The van der Waals surface area contributed by atoms with E-state index in [1.807, 2.05) is 19.1 Å². The van der Waals surface area contributed by atoms with Crippen molar-refractivity contribution < 1.29 is 9.53 Å². The second kappa shape index (κ2) is 4.78. The summed E-state index contributed by atoms with van der Waals surface area (Å²) >= 11 is 0. The number of aromatic nitrogens is 3. The van der Waals surface area contributed by atoms with Gasteiger partial charge in [0.1, 0.15) is 0 Å². The van der Waals surface area contributed by atoms with E-state index < -0.39 is 5.97 Å². The Morgan fingerprint density at radius 3 is 2.94 bits per heavy atom. The fourth-order valence-corrected chi connectivity index (χ4v) is 1.50. The smallest absolute Gasteiger partial charge is 0.357 e. The fraction of sp³-hybridized carbons (Fsp3) is 0.250. The highest BCUT2D eigenvalue weighted by atomic mass is 16.5. The van der Waals surface area contributed by atoms with Crippen molar-refractivity contribution in [3.63, 3.8) is 0 Å². The summed E-state index contributed by atoms with van der Waals surface area (Å²) in [4.78, 5) is 15.9. The Balaban J connectivity index is 2.44. The summed E-state index contributed by atoms with van der Waals surface area (Å²) in [5, 5.41) is 4.24. The van der Waals surface area contributed by atoms with Crippen LogP contribution in [0.4, 0.5) is 0 Å². The molecular formula is C12H13N3O2. The van der Waals surface area contributed by atoms with Crippen LogP contribution in [0.25, 0.3) is 5.82 Å². The normalized spacial score (nSPS) is 10.2. The van der Waals surface area contributed by atoms with Crippen molar-refractivity contribution in [1.82, 2.24) is 14.8 Å². The van der Waals surface area contributed by atoms with Gasteiger partial charge in [0.2, 0.25) is 0 Å². The topological polar surface area (TPSA) is 57.0 Å². The SMILES string of the molecule is CCOC(=O)c1cc(C)nn1-c1ccccn1. The summed E-state index contributed by atoms with van der Waals surface area (Å²) in [6.45, 7) is 3.93. The number of aryl methyl sites for hydroxylation is 1. The first kappa shape index (κ1) is 11.3. The van der Waals surface area contributed by atoms with E-state index in [-0.39, 0.29) is 0 Å². The third-order valence-corrected chi connectivity index (χ3v) is 2.18. The van der Waals surface area contributed by atoms with E-state index in [0.29, 0.717) is 18.1 Å². The lowest BCUT2D eigenvalue weighted by Crippen LogP contribution is -2.12. The second-order valence-electron chi connectivity index (χ2n) is 3.49. The lowest BCUT2D eigenvalue weighted by molar-refractivity contribution is 0.0515. The number of ether oxygens (including phenoxy) is 1. The minimum absolute atomic E-state index is 0.339. The highest BCUT2D eigenvalue weighted by Gasteiger charge is 2.16. The molecule has 0 unspecified atom stereocenters. The van der Waals surface area contributed by atoms with Crippen molar-refractivity contribution in [2.75, 3.05) is 6.61 Å². The predicted molar refractivity (Wildman–Crippen MR) is 62.1 cm³/mol. The molecule has 2 rings (SSSR count). The molecule has 0 fully saturated rings. The molecule has 5 heteroatoms. The molecule has 17 heavy (non-hydrogen) atoms. The Morgan fingerprint density at radius 1 is 1.47 bits per heavy atom. The molecule has 0 spiro atoms. The first-order valence-corrected chi connectivity index (χ1v) is 5.37. The maximum atomic E-state index is 11.7. The van der Waals surface area contributed by atoms with Crippen molar-refractivity contribution in [2.45, 2.75) is 13.8 Å². The van der Waals surface area contributed by atoms with Crippen molar-refractivity contribution in [3.8, 4) is 5.82 Å². The van der Waals surface area contributed by atoms with Crippen LogP contribution in [0.2, 0.25) is 0 Å². The molecule has 2 aromatic rings. The molecule has 0 radical (unpaired) electrons. The number of hydrogen-bond acceptors (Lipinski definition) is 4. The van der Waals surface area contributed by atoms with Crippen LogP contribution in [0, 0.1) is 6.92 Å². The van der Waals surface area contributed by atoms with Gasteiger partial charge in [0, 0.05) is 6.20 Å². The molecule has 0 saturated carbocycles. The first-order chi connectivity index (χ1) is 8.22. The molecule has 0 amide bonds. The summed E-state index contributed by atoms with van der Waals surface area (Å²) in [5.74, 6) is 0.211. The minimum atomic E-state index is -0.390. The number of carbonyl (C=O) groups is 1. The van der Waals surface area contributed by atoms with Crippen molar-refractivity contribution in [3.05, 3.63) is 41.9 Å². The monoisotopic (exact) mass is 231 g/mol. The molecule has 0 aromatic carbocycles. The second-order valence-corrected chi connectivity index (χ2v) is 3.49. The van der Waals surface area contributed by atoms with Crippen molar-refractivity contribution in [2.24, 2.45) is 0 Å².